The molecule has 0 radical (unpaired) electrons. The predicted molar refractivity (Wildman–Crippen MR) is 55.3 cm³/mol. The van der Waals surface area contributed by atoms with Crippen LogP contribution in [0.15, 0.2) is 24.3 Å². The first-order valence-corrected chi connectivity index (χ1v) is 4.38. The van der Waals surface area contributed by atoms with Crippen LogP contribution in [0.5, 0.6) is 0 Å². The third-order valence-corrected chi connectivity index (χ3v) is 1.99. The van der Waals surface area contributed by atoms with E-state index in [9.17, 15) is 4.79 Å². The lowest BCUT2D eigenvalue weighted by Crippen LogP contribution is -2.32. The van der Waals surface area contributed by atoms with Crippen molar-refractivity contribution in [1.29, 1.82) is 0 Å². The van der Waals surface area contributed by atoms with Crippen LogP contribution in [-0.4, -0.2) is 24.2 Å². The highest BCUT2D eigenvalue weighted by Crippen LogP contribution is 2.10. The SMILES string of the molecule is CNc1cccc(C[C@H](N)C(=O)O)c1. The van der Waals surface area contributed by atoms with E-state index in [-0.39, 0.29) is 0 Å². The Bertz CT molecular complexity index is 326. The van der Waals surface area contributed by atoms with Crippen molar-refractivity contribution in [3.63, 3.8) is 0 Å². The fourth-order valence-corrected chi connectivity index (χ4v) is 1.20. The molecule has 4 nitrogen and oxygen atoms in total. The number of hydrogen-bond acceptors (Lipinski definition) is 3. The Morgan fingerprint density at radius 1 is 1.64 bits per heavy atom. The third-order valence-electron chi connectivity index (χ3n) is 1.99. The Morgan fingerprint density at radius 3 is 2.93 bits per heavy atom. The Labute approximate surface area is 82.7 Å². The van der Waals surface area contributed by atoms with Crippen molar-refractivity contribution in [2.45, 2.75) is 12.5 Å². The zero-order chi connectivity index (χ0) is 10.6. The Kier molecular flexibility index (Phi) is 3.48. The second kappa shape index (κ2) is 4.62. The molecule has 0 heterocycles. The van der Waals surface area contributed by atoms with E-state index in [4.69, 9.17) is 10.8 Å². The number of carbonyl (C=O) groups is 1. The standard InChI is InChI=1S/C10H14N2O2/c1-12-8-4-2-3-7(5-8)6-9(11)10(13)14/h2-5,9,12H,6,11H2,1H3,(H,13,14)/t9-/m0/s1. The van der Waals surface area contributed by atoms with E-state index in [0.717, 1.165) is 11.3 Å². The molecule has 76 valence electrons. The lowest BCUT2D eigenvalue weighted by molar-refractivity contribution is -0.138. The van der Waals surface area contributed by atoms with Crippen molar-refractivity contribution in [1.82, 2.24) is 0 Å². The van der Waals surface area contributed by atoms with Crippen LogP contribution in [0.1, 0.15) is 5.56 Å². The molecule has 0 aliphatic rings. The molecular weight excluding hydrogens is 180 g/mol. The molecule has 14 heavy (non-hydrogen) atoms. The highest BCUT2D eigenvalue weighted by Gasteiger charge is 2.11. The van der Waals surface area contributed by atoms with Crippen molar-refractivity contribution in [3.05, 3.63) is 29.8 Å². The van der Waals surface area contributed by atoms with Gasteiger partial charge in [-0.15, -0.1) is 0 Å². The molecule has 0 saturated carbocycles. The highest BCUT2D eigenvalue weighted by molar-refractivity contribution is 5.73. The number of anilines is 1. The first-order chi connectivity index (χ1) is 6.63. The van der Waals surface area contributed by atoms with Crippen LogP contribution in [0, 0.1) is 0 Å². The molecule has 0 bridgehead atoms. The largest absolute Gasteiger partial charge is 0.480 e. The maximum atomic E-state index is 10.5. The Hall–Kier alpha value is -1.55. The van der Waals surface area contributed by atoms with Gasteiger partial charge in [0.05, 0.1) is 0 Å². The van der Waals surface area contributed by atoms with Gasteiger partial charge in [0, 0.05) is 12.7 Å². The highest BCUT2D eigenvalue weighted by atomic mass is 16.4. The van der Waals surface area contributed by atoms with Crippen LogP contribution >= 0.6 is 0 Å². The molecule has 0 saturated heterocycles. The normalized spacial score (nSPS) is 12.1. The number of aliphatic carboxylic acids is 1. The average Bonchev–Trinajstić information content (AvgIpc) is 2.18. The number of nitrogens with two attached hydrogens (primary N) is 1. The molecule has 4 heteroatoms. The predicted octanol–water partition coefficient (Wildman–Crippen LogP) is 0.683. The summed E-state index contributed by atoms with van der Waals surface area (Å²) in [5.74, 6) is -0.972. The van der Waals surface area contributed by atoms with Gasteiger partial charge in [0.1, 0.15) is 6.04 Å². The van der Waals surface area contributed by atoms with E-state index in [1.54, 1.807) is 0 Å². The molecule has 1 atom stereocenters. The number of benzene rings is 1. The van der Waals surface area contributed by atoms with Crippen molar-refractivity contribution in [2.75, 3.05) is 12.4 Å². The molecular formula is C10H14N2O2. The zero-order valence-corrected chi connectivity index (χ0v) is 8.03. The quantitative estimate of drug-likeness (QED) is 0.659. The summed E-state index contributed by atoms with van der Waals surface area (Å²) in [6.45, 7) is 0. The van der Waals surface area contributed by atoms with Gasteiger partial charge in [0.15, 0.2) is 0 Å². The minimum Gasteiger partial charge on any atom is -0.480 e. The van der Waals surface area contributed by atoms with Gasteiger partial charge < -0.3 is 16.2 Å². The van der Waals surface area contributed by atoms with Crippen LogP contribution in [0.2, 0.25) is 0 Å². The van der Waals surface area contributed by atoms with Crippen LogP contribution in [0.25, 0.3) is 0 Å². The van der Waals surface area contributed by atoms with Crippen molar-refractivity contribution in [3.8, 4) is 0 Å². The molecule has 1 aromatic carbocycles. The van der Waals surface area contributed by atoms with E-state index in [1.165, 1.54) is 0 Å². The molecule has 0 aliphatic heterocycles. The summed E-state index contributed by atoms with van der Waals surface area (Å²) in [4.78, 5) is 10.5. The second-order valence-corrected chi connectivity index (χ2v) is 3.10. The first kappa shape index (κ1) is 10.5. The fourth-order valence-electron chi connectivity index (χ4n) is 1.20. The van der Waals surface area contributed by atoms with Gasteiger partial charge in [0.25, 0.3) is 0 Å². The van der Waals surface area contributed by atoms with Gasteiger partial charge in [-0.1, -0.05) is 12.1 Å². The monoisotopic (exact) mass is 194 g/mol. The van der Waals surface area contributed by atoms with Crippen LogP contribution in [0.4, 0.5) is 5.69 Å². The van der Waals surface area contributed by atoms with Crippen LogP contribution < -0.4 is 11.1 Å². The van der Waals surface area contributed by atoms with Crippen molar-refractivity contribution in [2.24, 2.45) is 5.73 Å². The van der Waals surface area contributed by atoms with Crippen LogP contribution in [-0.2, 0) is 11.2 Å². The smallest absolute Gasteiger partial charge is 0.320 e. The molecule has 0 unspecified atom stereocenters. The van der Waals surface area contributed by atoms with Gasteiger partial charge in [-0.3, -0.25) is 4.79 Å². The van der Waals surface area contributed by atoms with Gasteiger partial charge in [-0.2, -0.15) is 0 Å². The lowest BCUT2D eigenvalue weighted by Gasteiger charge is -2.07. The maximum absolute atomic E-state index is 10.5. The number of rotatable bonds is 4. The van der Waals surface area contributed by atoms with Gasteiger partial charge in [-0.25, -0.2) is 0 Å². The molecule has 1 aromatic rings. The van der Waals surface area contributed by atoms with E-state index in [2.05, 4.69) is 5.32 Å². The van der Waals surface area contributed by atoms with Gasteiger partial charge in [0.2, 0.25) is 0 Å². The molecule has 0 aliphatic carbocycles. The summed E-state index contributed by atoms with van der Waals surface area (Å²) in [6, 6.07) is 6.71. The molecule has 1 rings (SSSR count). The number of nitrogens with one attached hydrogen (secondary N) is 1. The van der Waals surface area contributed by atoms with Crippen molar-refractivity contribution < 1.29 is 9.90 Å². The molecule has 0 fully saturated rings. The Morgan fingerprint density at radius 2 is 2.36 bits per heavy atom. The van der Waals surface area contributed by atoms with E-state index in [1.807, 2.05) is 31.3 Å². The lowest BCUT2D eigenvalue weighted by atomic mass is 10.1. The molecule has 0 amide bonds. The van der Waals surface area contributed by atoms with Crippen molar-refractivity contribution >= 4 is 11.7 Å². The summed E-state index contributed by atoms with van der Waals surface area (Å²) < 4.78 is 0. The summed E-state index contributed by atoms with van der Waals surface area (Å²) >= 11 is 0. The fraction of sp³-hybridized carbons (Fsp3) is 0.300. The zero-order valence-electron chi connectivity index (χ0n) is 8.03. The molecule has 4 N–H and O–H groups in total. The average molecular weight is 194 g/mol. The second-order valence-electron chi connectivity index (χ2n) is 3.10. The minimum absolute atomic E-state index is 0.352. The number of carboxylic acid groups (broad SMARTS) is 1. The Balaban J connectivity index is 2.71. The summed E-state index contributed by atoms with van der Waals surface area (Å²) in [7, 11) is 1.82. The van der Waals surface area contributed by atoms with Crippen LogP contribution in [0.3, 0.4) is 0 Å². The van der Waals surface area contributed by atoms with E-state index < -0.39 is 12.0 Å². The molecule has 0 spiro atoms. The minimum atomic E-state index is -0.972. The van der Waals surface area contributed by atoms with Gasteiger partial charge >= 0.3 is 5.97 Å². The number of hydrogen-bond donors (Lipinski definition) is 3. The van der Waals surface area contributed by atoms with Gasteiger partial charge in [-0.05, 0) is 24.1 Å². The summed E-state index contributed by atoms with van der Waals surface area (Å²) in [5.41, 5.74) is 7.30. The maximum Gasteiger partial charge on any atom is 0.320 e. The topological polar surface area (TPSA) is 75.3 Å². The summed E-state index contributed by atoms with van der Waals surface area (Å²) in [6.07, 6.45) is 0.352. The third kappa shape index (κ3) is 2.74. The van der Waals surface area contributed by atoms with E-state index in [0.29, 0.717) is 6.42 Å². The van der Waals surface area contributed by atoms with E-state index >= 15 is 0 Å². The number of carboxylic acids is 1. The summed E-state index contributed by atoms with van der Waals surface area (Å²) in [5, 5.41) is 11.6. The molecule has 0 aromatic heterocycles. The first-order valence-electron chi connectivity index (χ1n) is 4.38.